The molecular formula is C23H18F2N4O2. The molecule has 0 unspecified atom stereocenters. The average Bonchev–Trinajstić information content (AvgIpc) is 3.26. The highest BCUT2D eigenvalue weighted by molar-refractivity contribution is 5.92. The van der Waals surface area contributed by atoms with Crippen LogP contribution in [0.2, 0.25) is 0 Å². The SMILES string of the molecule is Cc1nc(Oc2ccc(NC(=O)Cc3ccc(F)cc3F)cc2)cc(-n2cccc2)n1. The number of halogens is 2. The highest BCUT2D eigenvalue weighted by atomic mass is 19.1. The Hall–Kier alpha value is -4.07. The summed E-state index contributed by atoms with van der Waals surface area (Å²) >= 11 is 0. The first-order valence-corrected chi connectivity index (χ1v) is 9.47. The van der Waals surface area contributed by atoms with E-state index in [0.29, 0.717) is 29.0 Å². The van der Waals surface area contributed by atoms with Crippen molar-refractivity contribution < 1.29 is 18.3 Å². The van der Waals surface area contributed by atoms with Crippen LogP contribution in [0.5, 0.6) is 11.6 Å². The van der Waals surface area contributed by atoms with E-state index in [1.54, 1.807) is 37.3 Å². The minimum atomic E-state index is -0.752. The van der Waals surface area contributed by atoms with E-state index in [9.17, 15) is 13.6 Å². The maximum absolute atomic E-state index is 13.7. The normalized spacial score (nSPS) is 10.7. The molecule has 0 aliphatic rings. The predicted octanol–water partition coefficient (Wildman–Crippen LogP) is 4.83. The molecule has 4 aromatic rings. The van der Waals surface area contributed by atoms with Crippen molar-refractivity contribution in [1.29, 1.82) is 0 Å². The van der Waals surface area contributed by atoms with E-state index in [4.69, 9.17) is 4.74 Å². The van der Waals surface area contributed by atoms with Gasteiger partial charge in [0.15, 0.2) is 0 Å². The summed E-state index contributed by atoms with van der Waals surface area (Å²) in [5.74, 6) is 0.318. The lowest BCUT2D eigenvalue weighted by molar-refractivity contribution is -0.115. The average molecular weight is 420 g/mol. The lowest BCUT2D eigenvalue weighted by Gasteiger charge is -2.10. The van der Waals surface area contributed by atoms with Gasteiger partial charge in [-0.2, -0.15) is 4.98 Å². The Kier molecular flexibility index (Phi) is 5.70. The van der Waals surface area contributed by atoms with Crippen molar-refractivity contribution in [3.63, 3.8) is 0 Å². The third-order valence-corrected chi connectivity index (χ3v) is 4.40. The molecule has 0 radical (unpaired) electrons. The zero-order chi connectivity index (χ0) is 21.8. The molecule has 0 bridgehead atoms. The van der Waals surface area contributed by atoms with Gasteiger partial charge in [-0.05, 0) is 55.0 Å². The van der Waals surface area contributed by atoms with Crippen LogP contribution in [0.15, 0.2) is 73.1 Å². The molecule has 156 valence electrons. The second-order valence-corrected chi connectivity index (χ2v) is 6.79. The summed E-state index contributed by atoms with van der Waals surface area (Å²) in [6.07, 6.45) is 3.55. The first-order chi connectivity index (χ1) is 15.0. The van der Waals surface area contributed by atoms with Gasteiger partial charge >= 0.3 is 0 Å². The molecular weight excluding hydrogens is 402 g/mol. The second-order valence-electron chi connectivity index (χ2n) is 6.79. The van der Waals surface area contributed by atoms with Gasteiger partial charge in [0.05, 0.1) is 6.42 Å². The Morgan fingerprint density at radius 1 is 1.03 bits per heavy atom. The quantitative estimate of drug-likeness (QED) is 0.485. The van der Waals surface area contributed by atoms with Gasteiger partial charge in [-0.15, -0.1) is 0 Å². The van der Waals surface area contributed by atoms with Gasteiger partial charge < -0.3 is 14.6 Å². The van der Waals surface area contributed by atoms with E-state index in [1.807, 2.05) is 29.1 Å². The van der Waals surface area contributed by atoms with Crippen molar-refractivity contribution >= 4 is 11.6 Å². The number of hydrogen-bond acceptors (Lipinski definition) is 4. The van der Waals surface area contributed by atoms with Gasteiger partial charge in [0.1, 0.15) is 29.0 Å². The molecule has 6 nitrogen and oxygen atoms in total. The summed E-state index contributed by atoms with van der Waals surface area (Å²) < 4.78 is 34.4. The monoisotopic (exact) mass is 420 g/mol. The molecule has 0 fully saturated rings. The van der Waals surface area contributed by atoms with Crippen LogP contribution in [0.3, 0.4) is 0 Å². The van der Waals surface area contributed by atoms with Crippen LogP contribution in [0.4, 0.5) is 14.5 Å². The van der Waals surface area contributed by atoms with Crippen molar-refractivity contribution in [3.05, 3.63) is 96.1 Å². The van der Waals surface area contributed by atoms with Crippen molar-refractivity contribution in [2.45, 2.75) is 13.3 Å². The number of nitrogens with zero attached hydrogens (tertiary/aromatic N) is 3. The number of anilines is 1. The minimum absolute atomic E-state index is 0.122. The Morgan fingerprint density at radius 3 is 2.48 bits per heavy atom. The molecule has 0 aliphatic heterocycles. The number of nitrogens with one attached hydrogen (secondary N) is 1. The lowest BCUT2D eigenvalue weighted by atomic mass is 10.1. The number of amides is 1. The number of aryl methyl sites for hydroxylation is 1. The van der Waals surface area contributed by atoms with Crippen molar-refractivity contribution in [2.24, 2.45) is 0 Å². The van der Waals surface area contributed by atoms with Crippen LogP contribution in [-0.4, -0.2) is 20.4 Å². The molecule has 4 rings (SSSR count). The number of carbonyl (C=O) groups excluding carboxylic acids is 1. The van der Waals surface area contributed by atoms with Gasteiger partial charge in [-0.25, -0.2) is 13.8 Å². The van der Waals surface area contributed by atoms with Crippen LogP contribution in [0.1, 0.15) is 11.4 Å². The molecule has 0 aliphatic carbocycles. The number of hydrogen-bond donors (Lipinski definition) is 1. The number of benzene rings is 2. The van der Waals surface area contributed by atoms with Crippen molar-refractivity contribution in [3.8, 4) is 17.4 Å². The topological polar surface area (TPSA) is 69.0 Å². The minimum Gasteiger partial charge on any atom is -0.439 e. The molecule has 31 heavy (non-hydrogen) atoms. The van der Waals surface area contributed by atoms with Gasteiger partial charge in [0.25, 0.3) is 0 Å². The lowest BCUT2D eigenvalue weighted by Crippen LogP contribution is -2.15. The highest BCUT2D eigenvalue weighted by Gasteiger charge is 2.10. The number of aromatic nitrogens is 3. The molecule has 0 atom stereocenters. The van der Waals surface area contributed by atoms with E-state index in [1.165, 1.54) is 6.07 Å². The van der Waals surface area contributed by atoms with Crippen LogP contribution < -0.4 is 10.1 Å². The van der Waals surface area contributed by atoms with E-state index >= 15 is 0 Å². The molecule has 0 saturated heterocycles. The molecule has 0 spiro atoms. The fourth-order valence-corrected chi connectivity index (χ4v) is 2.97. The van der Waals surface area contributed by atoms with E-state index in [-0.39, 0.29) is 12.0 Å². The zero-order valence-electron chi connectivity index (χ0n) is 16.5. The number of carbonyl (C=O) groups is 1. The smallest absolute Gasteiger partial charge is 0.228 e. The third kappa shape index (κ3) is 5.11. The molecule has 1 N–H and O–H groups in total. The van der Waals surface area contributed by atoms with Crippen molar-refractivity contribution in [1.82, 2.24) is 14.5 Å². The van der Waals surface area contributed by atoms with Gasteiger partial charge in [-0.3, -0.25) is 4.79 Å². The zero-order valence-corrected chi connectivity index (χ0v) is 16.5. The first kappa shape index (κ1) is 20.2. The van der Waals surface area contributed by atoms with E-state index in [0.717, 1.165) is 12.1 Å². The third-order valence-electron chi connectivity index (χ3n) is 4.40. The summed E-state index contributed by atoms with van der Waals surface area (Å²) in [7, 11) is 0. The van der Waals surface area contributed by atoms with Gasteiger partial charge in [0, 0.05) is 30.2 Å². The first-order valence-electron chi connectivity index (χ1n) is 9.47. The van der Waals surface area contributed by atoms with E-state index < -0.39 is 17.5 Å². The molecule has 8 heteroatoms. The fraction of sp³-hybridized carbons (Fsp3) is 0.0870. The van der Waals surface area contributed by atoms with Gasteiger partial charge in [-0.1, -0.05) is 6.07 Å². The largest absolute Gasteiger partial charge is 0.439 e. The summed E-state index contributed by atoms with van der Waals surface area (Å²) in [5, 5.41) is 2.68. The fourth-order valence-electron chi connectivity index (χ4n) is 2.97. The van der Waals surface area contributed by atoms with Crippen LogP contribution in [0, 0.1) is 18.6 Å². The van der Waals surface area contributed by atoms with Crippen molar-refractivity contribution in [2.75, 3.05) is 5.32 Å². The molecule has 1 amide bonds. The molecule has 2 aromatic heterocycles. The highest BCUT2D eigenvalue weighted by Crippen LogP contribution is 2.23. The Balaban J connectivity index is 1.41. The molecule has 2 aromatic carbocycles. The summed E-state index contributed by atoms with van der Waals surface area (Å²) in [5.41, 5.74) is 0.642. The number of ether oxygens (including phenoxy) is 1. The standard InChI is InChI=1S/C23H18F2N4O2/c1-15-26-21(29-10-2-3-11-29)14-23(27-15)31-19-8-6-18(7-9-19)28-22(30)12-16-4-5-17(24)13-20(16)25/h2-11,13-14H,12H2,1H3,(H,28,30). The van der Waals surface area contributed by atoms with E-state index in [2.05, 4.69) is 15.3 Å². The predicted molar refractivity (Wildman–Crippen MR) is 111 cm³/mol. The summed E-state index contributed by atoms with van der Waals surface area (Å²) in [4.78, 5) is 20.8. The Morgan fingerprint density at radius 2 is 1.77 bits per heavy atom. The summed E-state index contributed by atoms with van der Waals surface area (Å²) in [6, 6.07) is 15.3. The molecule has 2 heterocycles. The maximum Gasteiger partial charge on any atom is 0.228 e. The second kappa shape index (κ2) is 8.74. The number of rotatable bonds is 6. The Bertz CT molecular complexity index is 1210. The molecule has 0 saturated carbocycles. The van der Waals surface area contributed by atoms with Gasteiger partial charge in [0.2, 0.25) is 11.8 Å². The Labute approximate surface area is 177 Å². The summed E-state index contributed by atoms with van der Waals surface area (Å²) in [6.45, 7) is 1.78. The van der Waals surface area contributed by atoms with Crippen LogP contribution in [0.25, 0.3) is 5.82 Å². The van der Waals surface area contributed by atoms with Crippen LogP contribution >= 0.6 is 0 Å². The van der Waals surface area contributed by atoms with Crippen LogP contribution in [-0.2, 0) is 11.2 Å². The maximum atomic E-state index is 13.7.